The lowest BCUT2D eigenvalue weighted by Gasteiger charge is -2.52. The van der Waals surface area contributed by atoms with Gasteiger partial charge in [-0.3, -0.25) is 0 Å². The molecular formula is C28H46O3. The van der Waals surface area contributed by atoms with Crippen molar-refractivity contribution in [2.75, 3.05) is 0 Å². The highest BCUT2D eigenvalue weighted by Crippen LogP contribution is 2.61. The fourth-order valence-electron chi connectivity index (χ4n) is 6.82. The SMILES string of the molecule is C=C1CC[C@H](O)C/C1=C/[C@H](O)[C@@]1(O)CCC[C@]2(C)[C@@H]([C@H](C)/C=C/[C@H](C)C(C)C)CC[C@H]21. The first-order valence-corrected chi connectivity index (χ1v) is 12.6. The average molecular weight is 431 g/mol. The van der Waals surface area contributed by atoms with Gasteiger partial charge in [0.1, 0.15) is 6.10 Å². The summed E-state index contributed by atoms with van der Waals surface area (Å²) in [6.45, 7) is 15.6. The molecule has 0 aromatic heterocycles. The van der Waals surface area contributed by atoms with Crippen molar-refractivity contribution in [3.05, 3.63) is 36.0 Å². The van der Waals surface area contributed by atoms with Crippen molar-refractivity contribution < 1.29 is 15.3 Å². The normalized spacial score (nSPS) is 41.0. The highest BCUT2D eigenvalue weighted by molar-refractivity contribution is 5.33. The molecule has 8 atom stereocenters. The van der Waals surface area contributed by atoms with Crippen LogP contribution in [0, 0.1) is 35.0 Å². The molecule has 3 fully saturated rings. The number of aliphatic hydroxyl groups is 3. The van der Waals surface area contributed by atoms with E-state index in [-0.39, 0.29) is 17.4 Å². The molecule has 0 saturated heterocycles. The lowest BCUT2D eigenvalue weighted by atomic mass is 9.56. The van der Waals surface area contributed by atoms with Gasteiger partial charge >= 0.3 is 0 Å². The third kappa shape index (κ3) is 4.89. The van der Waals surface area contributed by atoms with Gasteiger partial charge in [0.2, 0.25) is 0 Å². The Labute approximate surface area is 190 Å². The number of hydrogen-bond acceptors (Lipinski definition) is 3. The summed E-state index contributed by atoms with van der Waals surface area (Å²) in [6.07, 6.45) is 12.2. The van der Waals surface area contributed by atoms with Gasteiger partial charge in [-0.25, -0.2) is 0 Å². The zero-order chi connectivity index (χ0) is 23.0. The van der Waals surface area contributed by atoms with Gasteiger partial charge in [-0.05, 0) is 98.0 Å². The van der Waals surface area contributed by atoms with Crippen molar-refractivity contribution in [3.8, 4) is 0 Å². The largest absolute Gasteiger partial charge is 0.393 e. The van der Waals surface area contributed by atoms with Gasteiger partial charge in [0, 0.05) is 0 Å². The molecule has 3 rings (SSSR count). The number of aliphatic hydroxyl groups excluding tert-OH is 2. The van der Waals surface area contributed by atoms with E-state index < -0.39 is 11.7 Å². The summed E-state index contributed by atoms with van der Waals surface area (Å²) in [4.78, 5) is 0. The predicted octanol–water partition coefficient (Wildman–Crippen LogP) is 5.81. The monoisotopic (exact) mass is 430 g/mol. The van der Waals surface area contributed by atoms with E-state index >= 15 is 0 Å². The van der Waals surface area contributed by atoms with Crippen LogP contribution >= 0.6 is 0 Å². The molecule has 3 heteroatoms. The topological polar surface area (TPSA) is 60.7 Å². The first-order valence-electron chi connectivity index (χ1n) is 12.6. The van der Waals surface area contributed by atoms with Gasteiger partial charge in [0.15, 0.2) is 0 Å². The number of rotatable bonds is 6. The minimum Gasteiger partial charge on any atom is -0.393 e. The Morgan fingerprint density at radius 3 is 2.45 bits per heavy atom. The van der Waals surface area contributed by atoms with Crippen molar-refractivity contribution in [2.24, 2.45) is 35.0 Å². The standard InChI is InChI=1S/C28H46O3/c1-18(2)19(3)8-9-21(5)24-12-13-25-27(24,6)14-7-15-28(25,31)26(30)17-22-16-23(29)11-10-20(22)4/h8-9,17-19,21,23-26,29-31H,4,7,10-16H2,1-3,5-6H3/b9-8+,22-17-/t19-,21+,23-,24+,25+,26-,27+,28+/m0/s1. The van der Waals surface area contributed by atoms with Crippen LogP contribution in [0.4, 0.5) is 0 Å². The Bertz CT molecular complexity index is 707. The molecule has 0 heterocycles. The number of fused-ring (bicyclic) bond motifs is 1. The molecule has 3 aliphatic carbocycles. The zero-order valence-electron chi connectivity index (χ0n) is 20.5. The second-order valence-electron chi connectivity index (χ2n) is 11.6. The molecule has 31 heavy (non-hydrogen) atoms. The number of hydrogen-bond donors (Lipinski definition) is 3. The number of allylic oxidation sites excluding steroid dienone is 3. The predicted molar refractivity (Wildman–Crippen MR) is 129 cm³/mol. The molecule has 0 unspecified atom stereocenters. The van der Waals surface area contributed by atoms with Crippen molar-refractivity contribution in [2.45, 2.75) is 104 Å². The molecule has 0 radical (unpaired) electrons. The third-order valence-electron chi connectivity index (χ3n) is 9.27. The van der Waals surface area contributed by atoms with E-state index in [9.17, 15) is 15.3 Å². The quantitative estimate of drug-likeness (QED) is 0.466. The van der Waals surface area contributed by atoms with E-state index in [2.05, 4.69) is 53.3 Å². The first-order chi connectivity index (χ1) is 14.5. The van der Waals surface area contributed by atoms with Crippen LogP contribution in [0.3, 0.4) is 0 Å². The second-order valence-corrected chi connectivity index (χ2v) is 11.6. The third-order valence-corrected chi connectivity index (χ3v) is 9.27. The van der Waals surface area contributed by atoms with Crippen molar-refractivity contribution in [1.29, 1.82) is 0 Å². The molecule has 176 valence electrons. The van der Waals surface area contributed by atoms with E-state index in [4.69, 9.17) is 0 Å². The highest BCUT2D eigenvalue weighted by Gasteiger charge is 2.59. The summed E-state index contributed by atoms with van der Waals surface area (Å²) in [6, 6.07) is 0. The van der Waals surface area contributed by atoms with Crippen LogP contribution in [0.25, 0.3) is 0 Å². The molecular weight excluding hydrogens is 384 g/mol. The molecule has 0 amide bonds. The second kappa shape index (κ2) is 9.53. The summed E-state index contributed by atoms with van der Waals surface area (Å²) in [5.74, 6) is 2.33. The van der Waals surface area contributed by atoms with Gasteiger partial charge in [-0.15, -0.1) is 0 Å². The van der Waals surface area contributed by atoms with Crippen molar-refractivity contribution in [3.63, 3.8) is 0 Å². The summed E-state index contributed by atoms with van der Waals surface area (Å²) in [7, 11) is 0. The maximum atomic E-state index is 11.8. The Balaban J connectivity index is 1.80. The Morgan fingerprint density at radius 1 is 1.06 bits per heavy atom. The van der Waals surface area contributed by atoms with Crippen molar-refractivity contribution >= 4 is 0 Å². The Hall–Kier alpha value is -0.900. The van der Waals surface area contributed by atoms with E-state index in [0.717, 1.165) is 49.7 Å². The Kier molecular flexibility index (Phi) is 7.61. The van der Waals surface area contributed by atoms with Crippen molar-refractivity contribution in [1.82, 2.24) is 0 Å². The van der Waals surface area contributed by atoms with Gasteiger partial charge in [-0.1, -0.05) is 58.9 Å². The minimum absolute atomic E-state index is 0.0421. The fraction of sp³-hybridized carbons (Fsp3) is 0.786. The molecule has 0 spiro atoms. The van der Waals surface area contributed by atoms with Crippen LogP contribution in [-0.2, 0) is 0 Å². The summed E-state index contributed by atoms with van der Waals surface area (Å²) >= 11 is 0. The molecule has 0 aromatic rings. The summed E-state index contributed by atoms with van der Waals surface area (Å²) < 4.78 is 0. The summed E-state index contributed by atoms with van der Waals surface area (Å²) in [5.41, 5.74) is 0.876. The smallest absolute Gasteiger partial charge is 0.102 e. The molecule has 0 aromatic carbocycles. The maximum Gasteiger partial charge on any atom is 0.102 e. The van der Waals surface area contributed by atoms with E-state index in [1.165, 1.54) is 0 Å². The van der Waals surface area contributed by atoms with Crippen LogP contribution < -0.4 is 0 Å². The summed E-state index contributed by atoms with van der Waals surface area (Å²) in [5, 5.41) is 33.2. The molecule has 3 aliphatic rings. The van der Waals surface area contributed by atoms with E-state index in [1.54, 1.807) is 0 Å². The lowest BCUT2D eigenvalue weighted by Crippen LogP contribution is -2.56. The highest BCUT2D eigenvalue weighted by atomic mass is 16.3. The molecule has 3 saturated carbocycles. The molecule has 0 aliphatic heterocycles. The van der Waals surface area contributed by atoms with Crippen LogP contribution in [0.1, 0.15) is 86.0 Å². The van der Waals surface area contributed by atoms with Crippen LogP contribution in [0.5, 0.6) is 0 Å². The van der Waals surface area contributed by atoms with E-state index in [1.807, 2.05) is 6.08 Å². The first kappa shape index (κ1) is 24.7. The van der Waals surface area contributed by atoms with Gasteiger partial charge in [-0.2, -0.15) is 0 Å². The lowest BCUT2D eigenvalue weighted by molar-refractivity contribution is -0.155. The minimum atomic E-state index is -1.09. The molecule has 3 N–H and O–H groups in total. The van der Waals surface area contributed by atoms with Crippen LogP contribution in [0.15, 0.2) is 36.0 Å². The van der Waals surface area contributed by atoms with Gasteiger partial charge in [0.05, 0.1) is 11.7 Å². The van der Waals surface area contributed by atoms with Crippen LogP contribution in [0.2, 0.25) is 0 Å². The maximum absolute atomic E-state index is 11.8. The Morgan fingerprint density at radius 2 is 1.77 bits per heavy atom. The zero-order valence-corrected chi connectivity index (χ0v) is 20.5. The van der Waals surface area contributed by atoms with Gasteiger partial charge < -0.3 is 15.3 Å². The van der Waals surface area contributed by atoms with Crippen LogP contribution in [-0.4, -0.2) is 33.1 Å². The molecule has 3 nitrogen and oxygen atoms in total. The van der Waals surface area contributed by atoms with E-state index in [0.29, 0.717) is 36.5 Å². The molecule has 0 bridgehead atoms. The van der Waals surface area contributed by atoms with Gasteiger partial charge in [0.25, 0.3) is 0 Å². The average Bonchev–Trinajstić information content (AvgIpc) is 3.07. The fourth-order valence-corrected chi connectivity index (χ4v) is 6.82.